The summed E-state index contributed by atoms with van der Waals surface area (Å²) in [6, 6.07) is 13.1. The predicted molar refractivity (Wildman–Crippen MR) is 123 cm³/mol. The summed E-state index contributed by atoms with van der Waals surface area (Å²) in [5.74, 6) is -0.488. The Balaban J connectivity index is 1.32. The molecule has 1 atom stereocenters. The molecule has 0 saturated carbocycles. The molecule has 1 N–H and O–H groups in total. The van der Waals surface area contributed by atoms with Crippen molar-refractivity contribution in [3.63, 3.8) is 0 Å². The van der Waals surface area contributed by atoms with E-state index in [4.69, 9.17) is 4.74 Å². The molecular weight excluding hydrogens is 431 g/mol. The molecule has 3 aliphatic rings. The first-order valence-electron chi connectivity index (χ1n) is 10.5. The SMILES string of the molecule is O=C1O[C@H](N2CC=CN=C2SCO)CN1c1ccc(N2CCc3ccccc3C2)c(F)c1. The second-order valence-electron chi connectivity index (χ2n) is 7.75. The smallest absolute Gasteiger partial charge is 0.416 e. The van der Waals surface area contributed by atoms with Gasteiger partial charge in [0.2, 0.25) is 0 Å². The highest BCUT2D eigenvalue weighted by Crippen LogP contribution is 2.32. The molecular formula is C23H23FN4O3S. The molecule has 0 aromatic heterocycles. The molecule has 0 spiro atoms. The normalized spacial score (nSPS) is 20.3. The van der Waals surface area contributed by atoms with Crippen molar-refractivity contribution in [3.8, 4) is 0 Å². The number of thioether (sulfide) groups is 1. The Morgan fingerprint density at radius 2 is 2.06 bits per heavy atom. The minimum absolute atomic E-state index is 0.124. The summed E-state index contributed by atoms with van der Waals surface area (Å²) < 4.78 is 20.7. The summed E-state index contributed by atoms with van der Waals surface area (Å²) in [5.41, 5.74) is 3.50. The Labute approximate surface area is 189 Å². The number of rotatable bonds is 4. The van der Waals surface area contributed by atoms with Crippen LogP contribution in [0.5, 0.6) is 0 Å². The Kier molecular flexibility index (Phi) is 5.75. The van der Waals surface area contributed by atoms with E-state index in [0.29, 0.717) is 29.6 Å². The zero-order chi connectivity index (χ0) is 22.1. The van der Waals surface area contributed by atoms with E-state index in [-0.39, 0.29) is 18.3 Å². The largest absolute Gasteiger partial charge is 0.423 e. The molecule has 166 valence electrons. The van der Waals surface area contributed by atoms with E-state index in [2.05, 4.69) is 17.1 Å². The number of carbonyl (C=O) groups is 1. The third kappa shape index (κ3) is 3.93. The van der Waals surface area contributed by atoms with Crippen molar-refractivity contribution in [3.05, 3.63) is 71.7 Å². The number of benzene rings is 2. The number of hydrogen-bond donors (Lipinski definition) is 1. The number of halogens is 1. The van der Waals surface area contributed by atoms with Crippen molar-refractivity contribution < 1.29 is 19.0 Å². The number of ether oxygens (including phenoxy) is 1. The van der Waals surface area contributed by atoms with Crippen LogP contribution in [0.25, 0.3) is 0 Å². The maximum atomic E-state index is 15.1. The molecule has 0 aliphatic carbocycles. The number of amides is 1. The number of aliphatic hydroxyl groups excluding tert-OH is 1. The van der Waals surface area contributed by atoms with Crippen LogP contribution < -0.4 is 9.80 Å². The fourth-order valence-corrected chi connectivity index (χ4v) is 4.90. The Bertz CT molecular complexity index is 1090. The van der Waals surface area contributed by atoms with Crippen LogP contribution in [0.4, 0.5) is 20.6 Å². The number of hydrogen-bond acceptors (Lipinski definition) is 7. The van der Waals surface area contributed by atoms with Crippen LogP contribution in [-0.2, 0) is 17.7 Å². The highest BCUT2D eigenvalue weighted by molar-refractivity contribution is 8.13. The molecule has 0 radical (unpaired) electrons. The summed E-state index contributed by atoms with van der Waals surface area (Å²) in [5, 5.41) is 9.83. The molecule has 3 aliphatic heterocycles. The second kappa shape index (κ2) is 8.84. The third-order valence-electron chi connectivity index (χ3n) is 5.89. The first-order chi connectivity index (χ1) is 15.6. The molecule has 7 nitrogen and oxygen atoms in total. The van der Waals surface area contributed by atoms with Crippen molar-refractivity contribution in [1.29, 1.82) is 0 Å². The Morgan fingerprint density at radius 3 is 2.88 bits per heavy atom. The lowest BCUT2D eigenvalue weighted by molar-refractivity contribution is 0.0724. The van der Waals surface area contributed by atoms with Gasteiger partial charge in [0.05, 0.1) is 23.9 Å². The minimum Gasteiger partial charge on any atom is -0.423 e. The van der Waals surface area contributed by atoms with Crippen molar-refractivity contribution in [2.75, 3.05) is 35.4 Å². The van der Waals surface area contributed by atoms with Gasteiger partial charge in [-0.05, 0) is 41.8 Å². The van der Waals surface area contributed by atoms with Gasteiger partial charge < -0.3 is 19.6 Å². The first kappa shape index (κ1) is 20.8. The van der Waals surface area contributed by atoms with E-state index >= 15 is 4.39 Å². The lowest BCUT2D eigenvalue weighted by Gasteiger charge is -2.31. The predicted octanol–water partition coefficient (Wildman–Crippen LogP) is 3.54. The molecule has 0 bridgehead atoms. The number of aliphatic hydroxyl groups is 1. The standard InChI is InChI=1S/C23H23FN4O3S/c24-19-12-18(6-7-20(19)26-11-8-16-4-1-2-5-17(16)13-26)28-14-21(31-23(28)30)27-10-3-9-25-22(27)32-15-29/h1-7,9,12,21,29H,8,10-11,13-15H2/t21-/m0/s1. The first-order valence-corrected chi connectivity index (χ1v) is 11.4. The number of cyclic esters (lactones) is 1. The highest BCUT2D eigenvalue weighted by atomic mass is 32.2. The lowest BCUT2D eigenvalue weighted by atomic mass is 9.99. The number of fused-ring (bicyclic) bond motifs is 1. The van der Waals surface area contributed by atoms with Gasteiger partial charge in [-0.25, -0.2) is 14.2 Å². The van der Waals surface area contributed by atoms with Crippen molar-refractivity contribution in [2.45, 2.75) is 19.2 Å². The maximum Gasteiger partial charge on any atom is 0.416 e. The number of anilines is 2. The molecule has 1 fully saturated rings. The molecule has 3 heterocycles. The summed E-state index contributed by atoms with van der Waals surface area (Å²) >= 11 is 1.17. The lowest BCUT2D eigenvalue weighted by Crippen LogP contribution is -2.42. The maximum absolute atomic E-state index is 15.1. The number of aliphatic imine (C=N–C) groups is 1. The van der Waals surface area contributed by atoms with Gasteiger partial charge in [0.15, 0.2) is 11.4 Å². The van der Waals surface area contributed by atoms with Crippen LogP contribution in [0, 0.1) is 5.82 Å². The van der Waals surface area contributed by atoms with Crippen molar-refractivity contribution >= 4 is 34.4 Å². The Hall–Kier alpha value is -3.04. The zero-order valence-electron chi connectivity index (χ0n) is 17.4. The van der Waals surface area contributed by atoms with Gasteiger partial charge in [0.25, 0.3) is 0 Å². The summed E-state index contributed by atoms with van der Waals surface area (Å²) in [6.45, 7) is 2.16. The average molecular weight is 455 g/mol. The van der Waals surface area contributed by atoms with Gasteiger partial charge in [-0.15, -0.1) is 0 Å². The molecule has 5 rings (SSSR count). The fraction of sp³-hybridized carbons (Fsp3) is 0.304. The van der Waals surface area contributed by atoms with Gasteiger partial charge in [-0.3, -0.25) is 4.90 Å². The van der Waals surface area contributed by atoms with E-state index < -0.39 is 12.3 Å². The van der Waals surface area contributed by atoms with E-state index in [9.17, 15) is 9.90 Å². The van der Waals surface area contributed by atoms with Gasteiger partial charge in [0.1, 0.15) is 5.82 Å². The second-order valence-corrected chi connectivity index (χ2v) is 8.66. The summed E-state index contributed by atoms with van der Waals surface area (Å²) in [4.78, 5) is 22.1. The monoisotopic (exact) mass is 454 g/mol. The minimum atomic E-state index is -0.563. The molecule has 2 aromatic rings. The molecule has 1 amide bonds. The van der Waals surface area contributed by atoms with Gasteiger partial charge >= 0.3 is 6.09 Å². The van der Waals surface area contributed by atoms with Gasteiger partial charge in [0, 0.05) is 25.8 Å². The van der Waals surface area contributed by atoms with E-state index in [1.54, 1.807) is 18.3 Å². The van der Waals surface area contributed by atoms with E-state index in [0.717, 1.165) is 13.0 Å². The van der Waals surface area contributed by atoms with Crippen LogP contribution in [0.2, 0.25) is 0 Å². The fourth-order valence-electron chi connectivity index (χ4n) is 4.29. The topological polar surface area (TPSA) is 68.6 Å². The van der Waals surface area contributed by atoms with Crippen LogP contribution in [0.1, 0.15) is 11.1 Å². The highest BCUT2D eigenvalue weighted by Gasteiger charge is 2.38. The molecule has 2 aromatic carbocycles. The van der Waals surface area contributed by atoms with Crippen LogP contribution in [-0.4, -0.2) is 53.1 Å². The molecule has 0 unspecified atom stereocenters. The van der Waals surface area contributed by atoms with Crippen molar-refractivity contribution in [2.24, 2.45) is 4.99 Å². The Morgan fingerprint density at radius 1 is 1.22 bits per heavy atom. The molecule has 1 saturated heterocycles. The van der Waals surface area contributed by atoms with Crippen LogP contribution >= 0.6 is 11.8 Å². The zero-order valence-corrected chi connectivity index (χ0v) is 18.2. The number of amidine groups is 1. The quantitative estimate of drug-likeness (QED) is 0.713. The summed E-state index contributed by atoms with van der Waals surface area (Å²) in [6.07, 6.45) is 3.29. The molecule has 9 heteroatoms. The third-order valence-corrected chi connectivity index (χ3v) is 6.62. The average Bonchev–Trinajstić information content (AvgIpc) is 3.20. The van der Waals surface area contributed by atoms with Gasteiger partial charge in [-0.1, -0.05) is 36.0 Å². The van der Waals surface area contributed by atoms with Crippen molar-refractivity contribution in [1.82, 2.24) is 4.90 Å². The van der Waals surface area contributed by atoms with Crippen LogP contribution in [0.3, 0.4) is 0 Å². The number of carbonyl (C=O) groups excluding carboxylic acids is 1. The van der Waals surface area contributed by atoms with Gasteiger partial charge in [-0.2, -0.15) is 0 Å². The summed E-state index contributed by atoms with van der Waals surface area (Å²) in [7, 11) is 0. The number of nitrogens with zero attached hydrogens (tertiary/aromatic N) is 4. The molecule has 32 heavy (non-hydrogen) atoms. The van der Waals surface area contributed by atoms with E-state index in [1.165, 1.54) is 33.9 Å². The van der Waals surface area contributed by atoms with Crippen LogP contribution in [0.15, 0.2) is 59.7 Å². The van der Waals surface area contributed by atoms with E-state index in [1.807, 2.05) is 28.0 Å².